The fraction of sp³-hybridized carbons (Fsp3) is 0.800. The standard InChI is InChI=1S/C5H9N5/c1(4-2-6-3-4)5-7-9-10-8-5/h4,6H,1-3H2,(H,7,8,9,10). The summed E-state index contributed by atoms with van der Waals surface area (Å²) in [6.45, 7) is 2.18. The molecule has 1 saturated heterocycles. The lowest BCUT2D eigenvalue weighted by Gasteiger charge is -2.25. The van der Waals surface area contributed by atoms with Crippen LogP contribution in [0.4, 0.5) is 0 Å². The highest BCUT2D eigenvalue weighted by Crippen LogP contribution is 2.07. The van der Waals surface area contributed by atoms with Gasteiger partial charge in [-0.3, -0.25) is 0 Å². The second-order valence-electron chi connectivity index (χ2n) is 2.56. The third-order valence-electron chi connectivity index (χ3n) is 1.73. The Morgan fingerprint density at radius 1 is 1.50 bits per heavy atom. The maximum Gasteiger partial charge on any atom is 0.174 e. The number of tetrazole rings is 1. The van der Waals surface area contributed by atoms with Crippen molar-refractivity contribution in [2.75, 3.05) is 13.1 Å². The zero-order valence-electron chi connectivity index (χ0n) is 5.54. The first-order valence-electron chi connectivity index (χ1n) is 3.38. The van der Waals surface area contributed by atoms with Crippen molar-refractivity contribution in [1.82, 2.24) is 25.9 Å². The van der Waals surface area contributed by atoms with E-state index < -0.39 is 0 Å². The van der Waals surface area contributed by atoms with E-state index in [-0.39, 0.29) is 0 Å². The maximum absolute atomic E-state index is 3.86. The summed E-state index contributed by atoms with van der Waals surface area (Å²) in [7, 11) is 0. The number of nitrogens with one attached hydrogen (secondary N) is 2. The molecule has 0 spiro atoms. The first-order valence-corrected chi connectivity index (χ1v) is 3.38. The van der Waals surface area contributed by atoms with Crippen molar-refractivity contribution in [3.05, 3.63) is 5.82 Å². The third kappa shape index (κ3) is 0.995. The van der Waals surface area contributed by atoms with Crippen molar-refractivity contribution in [1.29, 1.82) is 0 Å². The van der Waals surface area contributed by atoms with Gasteiger partial charge in [-0.2, -0.15) is 5.21 Å². The molecule has 5 heteroatoms. The number of hydrogen-bond acceptors (Lipinski definition) is 4. The summed E-state index contributed by atoms with van der Waals surface area (Å²) in [6, 6.07) is 0. The van der Waals surface area contributed by atoms with Crippen LogP contribution in [0.1, 0.15) is 5.82 Å². The van der Waals surface area contributed by atoms with Gasteiger partial charge >= 0.3 is 0 Å². The van der Waals surface area contributed by atoms with E-state index in [9.17, 15) is 0 Å². The summed E-state index contributed by atoms with van der Waals surface area (Å²) in [5.41, 5.74) is 0. The molecule has 0 atom stereocenters. The molecule has 0 amide bonds. The minimum absolute atomic E-state index is 0.720. The molecule has 0 unspecified atom stereocenters. The maximum atomic E-state index is 3.86. The summed E-state index contributed by atoms with van der Waals surface area (Å²) >= 11 is 0. The average Bonchev–Trinajstić information content (AvgIpc) is 2.29. The molecule has 5 nitrogen and oxygen atoms in total. The molecule has 2 rings (SSSR count). The lowest BCUT2D eigenvalue weighted by Crippen LogP contribution is -2.43. The summed E-state index contributed by atoms with van der Waals surface area (Å²) < 4.78 is 0. The van der Waals surface area contributed by atoms with Gasteiger partial charge in [0.2, 0.25) is 0 Å². The van der Waals surface area contributed by atoms with Gasteiger partial charge in [0.25, 0.3) is 0 Å². The van der Waals surface area contributed by atoms with E-state index in [1.165, 1.54) is 0 Å². The van der Waals surface area contributed by atoms with Crippen LogP contribution in [-0.2, 0) is 6.42 Å². The number of rotatable bonds is 2. The van der Waals surface area contributed by atoms with Crippen molar-refractivity contribution in [2.45, 2.75) is 6.42 Å². The Morgan fingerprint density at radius 2 is 2.40 bits per heavy atom. The molecule has 0 radical (unpaired) electrons. The van der Waals surface area contributed by atoms with Crippen molar-refractivity contribution < 1.29 is 0 Å². The predicted octanol–water partition coefficient (Wildman–Crippen LogP) is -1.04. The quantitative estimate of drug-likeness (QED) is 0.549. The van der Waals surface area contributed by atoms with Gasteiger partial charge in [-0.15, -0.1) is 10.2 Å². The summed E-state index contributed by atoms with van der Waals surface area (Å²) in [4.78, 5) is 0. The first-order chi connectivity index (χ1) is 4.95. The van der Waals surface area contributed by atoms with Crippen LogP contribution in [0.25, 0.3) is 0 Å². The van der Waals surface area contributed by atoms with Crippen LogP contribution in [0.15, 0.2) is 0 Å². The zero-order chi connectivity index (χ0) is 6.81. The van der Waals surface area contributed by atoms with Crippen molar-refractivity contribution in [3.63, 3.8) is 0 Å². The van der Waals surface area contributed by atoms with Crippen molar-refractivity contribution in [2.24, 2.45) is 5.92 Å². The van der Waals surface area contributed by atoms with Crippen LogP contribution in [0.5, 0.6) is 0 Å². The van der Waals surface area contributed by atoms with Crippen LogP contribution in [0.3, 0.4) is 0 Å². The Bertz CT molecular complexity index is 190. The van der Waals surface area contributed by atoms with E-state index in [0.29, 0.717) is 0 Å². The van der Waals surface area contributed by atoms with E-state index in [2.05, 4.69) is 25.9 Å². The highest BCUT2D eigenvalue weighted by Gasteiger charge is 2.18. The summed E-state index contributed by atoms with van der Waals surface area (Å²) in [6.07, 6.45) is 0.948. The smallest absolute Gasteiger partial charge is 0.174 e. The topological polar surface area (TPSA) is 66.5 Å². The number of aromatic amines is 1. The highest BCUT2D eigenvalue weighted by molar-refractivity contribution is 4.86. The largest absolute Gasteiger partial charge is 0.316 e. The van der Waals surface area contributed by atoms with Gasteiger partial charge in [-0.1, -0.05) is 5.21 Å². The lowest BCUT2D eigenvalue weighted by molar-refractivity contribution is 0.341. The second-order valence-corrected chi connectivity index (χ2v) is 2.56. The van der Waals surface area contributed by atoms with Gasteiger partial charge in [0, 0.05) is 6.42 Å². The molecule has 1 aliphatic heterocycles. The molecule has 1 aromatic rings. The number of aromatic nitrogens is 4. The van der Waals surface area contributed by atoms with Gasteiger partial charge in [-0.25, -0.2) is 0 Å². The zero-order valence-corrected chi connectivity index (χ0v) is 5.54. The normalized spacial score (nSPS) is 18.8. The molecule has 10 heavy (non-hydrogen) atoms. The van der Waals surface area contributed by atoms with E-state index in [4.69, 9.17) is 0 Å². The molecular weight excluding hydrogens is 130 g/mol. The van der Waals surface area contributed by atoms with Gasteiger partial charge in [0.1, 0.15) is 0 Å². The average molecular weight is 139 g/mol. The lowest BCUT2D eigenvalue weighted by atomic mass is 9.99. The van der Waals surface area contributed by atoms with E-state index in [1.807, 2.05) is 0 Å². The Hall–Kier alpha value is -0.970. The van der Waals surface area contributed by atoms with Crippen LogP contribution in [0, 0.1) is 5.92 Å². The second kappa shape index (κ2) is 2.34. The van der Waals surface area contributed by atoms with E-state index >= 15 is 0 Å². The molecule has 2 heterocycles. The Balaban J connectivity index is 1.90. The molecular formula is C5H9N5. The number of H-pyrrole nitrogens is 1. The molecule has 54 valence electrons. The highest BCUT2D eigenvalue weighted by atomic mass is 15.5. The number of nitrogens with zero attached hydrogens (tertiary/aromatic N) is 3. The van der Waals surface area contributed by atoms with Crippen molar-refractivity contribution >= 4 is 0 Å². The Labute approximate surface area is 58.2 Å². The van der Waals surface area contributed by atoms with Gasteiger partial charge < -0.3 is 5.32 Å². The minimum atomic E-state index is 0.720. The molecule has 2 N–H and O–H groups in total. The van der Waals surface area contributed by atoms with E-state index in [1.54, 1.807) is 0 Å². The molecule has 1 fully saturated rings. The van der Waals surface area contributed by atoms with Crippen LogP contribution in [0.2, 0.25) is 0 Å². The monoisotopic (exact) mass is 139 g/mol. The molecule has 1 aliphatic rings. The van der Waals surface area contributed by atoms with E-state index in [0.717, 1.165) is 31.3 Å². The van der Waals surface area contributed by atoms with Gasteiger partial charge in [0.05, 0.1) is 0 Å². The third-order valence-corrected chi connectivity index (χ3v) is 1.73. The van der Waals surface area contributed by atoms with Gasteiger partial charge in [-0.05, 0) is 19.0 Å². The Morgan fingerprint density at radius 3 is 2.90 bits per heavy atom. The fourth-order valence-corrected chi connectivity index (χ4v) is 1.02. The Kier molecular flexibility index (Phi) is 1.35. The molecule has 0 saturated carbocycles. The van der Waals surface area contributed by atoms with Crippen LogP contribution < -0.4 is 5.32 Å². The predicted molar refractivity (Wildman–Crippen MR) is 34.2 cm³/mol. The summed E-state index contributed by atoms with van der Waals surface area (Å²) in [5.74, 6) is 1.55. The molecule has 0 aromatic carbocycles. The van der Waals surface area contributed by atoms with Crippen LogP contribution >= 0.6 is 0 Å². The number of hydrogen-bond donors (Lipinski definition) is 2. The van der Waals surface area contributed by atoms with Gasteiger partial charge in [0.15, 0.2) is 5.82 Å². The molecule has 0 aliphatic carbocycles. The molecule has 1 aromatic heterocycles. The fourth-order valence-electron chi connectivity index (χ4n) is 1.02. The van der Waals surface area contributed by atoms with Crippen molar-refractivity contribution in [3.8, 4) is 0 Å². The minimum Gasteiger partial charge on any atom is -0.316 e. The van der Waals surface area contributed by atoms with Crippen LogP contribution in [-0.4, -0.2) is 33.7 Å². The first kappa shape index (κ1) is 5.79. The molecule has 0 bridgehead atoms. The SMILES string of the molecule is C1NCC1Cc1nn[nH]n1. The summed E-state index contributed by atoms with van der Waals surface area (Å²) in [5, 5.41) is 16.8.